The van der Waals surface area contributed by atoms with Crippen LogP contribution in [0.5, 0.6) is 5.75 Å². The summed E-state index contributed by atoms with van der Waals surface area (Å²) in [5, 5.41) is 15.8. The Morgan fingerprint density at radius 3 is 2.76 bits per heavy atom. The van der Waals surface area contributed by atoms with Gasteiger partial charge in [-0.15, -0.1) is 0 Å². The molecule has 146 valence electrons. The topological polar surface area (TPSA) is 104 Å². The van der Waals surface area contributed by atoms with Gasteiger partial charge in [-0.1, -0.05) is 29.4 Å². The Kier molecular flexibility index (Phi) is 4.86. The normalized spacial score (nSPS) is 11.0. The highest BCUT2D eigenvalue weighted by molar-refractivity contribution is 5.88. The van der Waals surface area contributed by atoms with E-state index in [9.17, 15) is 14.5 Å². The summed E-state index contributed by atoms with van der Waals surface area (Å²) in [5.74, 6) is 0.356. The molecule has 29 heavy (non-hydrogen) atoms. The SMILES string of the molecule is COc1ccc(CCc2noc(-c3ccc4cccc([N+](=O)[O-])c4n3)n2)cc1F. The van der Waals surface area contributed by atoms with Gasteiger partial charge in [0.1, 0.15) is 11.2 Å². The quantitative estimate of drug-likeness (QED) is 0.358. The van der Waals surface area contributed by atoms with Crippen LogP contribution in [0.15, 0.2) is 53.1 Å². The summed E-state index contributed by atoms with van der Waals surface area (Å²) < 4.78 is 24.0. The lowest BCUT2D eigenvalue weighted by atomic mass is 10.1. The van der Waals surface area contributed by atoms with Crippen LogP contribution in [0.25, 0.3) is 22.5 Å². The van der Waals surface area contributed by atoms with Crippen LogP contribution in [0.4, 0.5) is 10.1 Å². The number of nitro benzene ring substituents is 1. The molecule has 0 aliphatic carbocycles. The fraction of sp³-hybridized carbons (Fsp3) is 0.150. The fourth-order valence-electron chi connectivity index (χ4n) is 2.98. The van der Waals surface area contributed by atoms with Gasteiger partial charge in [0, 0.05) is 17.9 Å². The molecule has 0 radical (unpaired) electrons. The van der Waals surface area contributed by atoms with E-state index in [1.54, 1.807) is 36.4 Å². The molecule has 4 rings (SSSR count). The summed E-state index contributed by atoms with van der Waals surface area (Å²) in [7, 11) is 1.41. The number of fused-ring (bicyclic) bond motifs is 1. The third kappa shape index (κ3) is 3.75. The molecule has 2 aromatic heterocycles. The van der Waals surface area contributed by atoms with E-state index in [2.05, 4.69) is 15.1 Å². The average Bonchev–Trinajstić information content (AvgIpc) is 3.20. The molecule has 0 saturated carbocycles. The van der Waals surface area contributed by atoms with Gasteiger partial charge >= 0.3 is 0 Å². The lowest BCUT2D eigenvalue weighted by Gasteiger charge is -2.03. The van der Waals surface area contributed by atoms with Crippen molar-refractivity contribution in [2.75, 3.05) is 7.11 Å². The zero-order chi connectivity index (χ0) is 20.4. The molecule has 4 aromatic rings. The van der Waals surface area contributed by atoms with Crippen molar-refractivity contribution in [2.45, 2.75) is 12.8 Å². The van der Waals surface area contributed by atoms with Crippen LogP contribution in [-0.2, 0) is 12.8 Å². The summed E-state index contributed by atoms with van der Waals surface area (Å²) in [5.41, 5.74) is 1.28. The van der Waals surface area contributed by atoms with Crippen LogP contribution < -0.4 is 4.74 Å². The van der Waals surface area contributed by atoms with Crippen molar-refractivity contribution < 1.29 is 18.6 Å². The highest BCUT2D eigenvalue weighted by atomic mass is 19.1. The Balaban J connectivity index is 1.55. The molecule has 8 nitrogen and oxygen atoms in total. The molecule has 0 spiro atoms. The number of nitrogens with zero attached hydrogens (tertiary/aromatic N) is 4. The van der Waals surface area contributed by atoms with E-state index in [1.807, 2.05) is 0 Å². The van der Waals surface area contributed by atoms with E-state index in [-0.39, 0.29) is 22.8 Å². The number of aryl methyl sites for hydroxylation is 2. The van der Waals surface area contributed by atoms with Gasteiger partial charge in [-0.05, 0) is 30.2 Å². The van der Waals surface area contributed by atoms with E-state index in [0.717, 1.165) is 5.56 Å². The number of para-hydroxylation sites is 1. The van der Waals surface area contributed by atoms with Crippen molar-refractivity contribution in [1.82, 2.24) is 15.1 Å². The number of halogens is 1. The van der Waals surface area contributed by atoms with Crippen molar-refractivity contribution in [3.05, 3.63) is 75.9 Å². The molecule has 0 N–H and O–H groups in total. The number of non-ortho nitro benzene ring substituents is 1. The third-order valence-corrected chi connectivity index (χ3v) is 4.44. The number of nitro groups is 1. The van der Waals surface area contributed by atoms with Crippen LogP contribution in [0.3, 0.4) is 0 Å². The average molecular weight is 394 g/mol. The minimum atomic E-state index is -0.480. The predicted molar refractivity (Wildman–Crippen MR) is 102 cm³/mol. The van der Waals surface area contributed by atoms with E-state index >= 15 is 0 Å². The highest BCUT2D eigenvalue weighted by Crippen LogP contribution is 2.26. The second-order valence-corrected chi connectivity index (χ2v) is 6.29. The van der Waals surface area contributed by atoms with Crippen molar-refractivity contribution >= 4 is 16.6 Å². The number of aromatic nitrogens is 3. The molecular formula is C20H15FN4O4. The zero-order valence-electron chi connectivity index (χ0n) is 15.3. The molecular weight excluding hydrogens is 379 g/mol. The molecule has 0 saturated heterocycles. The van der Waals surface area contributed by atoms with Gasteiger partial charge in [-0.3, -0.25) is 10.1 Å². The van der Waals surface area contributed by atoms with Gasteiger partial charge in [0.05, 0.1) is 12.0 Å². The maximum absolute atomic E-state index is 13.8. The number of methoxy groups -OCH3 is 1. The highest BCUT2D eigenvalue weighted by Gasteiger charge is 2.16. The van der Waals surface area contributed by atoms with Crippen molar-refractivity contribution in [3.63, 3.8) is 0 Å². The largest absolute Gasteiger partial charge is 0.494 e. The first kappa shape index (κ1) is 18.5. The monoisotopic (exact) mass is 394 g/mol. The minimum Gasteiger partial charge on any atom is -0.494 e. The van der Waals surface area contributed by atoms with Crippen molar-refractivity contribution in [3.8, 4) is 17.3 Å². The van der Waals surface area contributed by atoms with Gasteiger partial charge in [-0.2, -0.15) is 4.98 Å². The number of rotatable bonds is 6. The van der Waals surface area contributed by atoms with E-state index in [1.165, 1.54) is 19.2 Å². The number of pyridine rings is 1. The van der Waals surface area contributed by atoms with Crippen LogP contribution in [0.1, 0.15) is 11.4 Å². The van der Waals surface area contributed by atoms with Crippen molar-refractivity contribution in [2.24, 2.45) is 0 Å². The Bertz CT molecular complexity index is 1210. The summed E-state index contributed by atoms with van der Waals surface area (Å²) in [6.45, 7) is 0. The van der Waals surface area contributed by atoms with E-state index in [4.69, 9.17) is 9.26 Å². The maximum atomic E-state index is 13.8. The van der Waals surface area contributed by atoms with Crippen LogP contribution in [-0.4, -0.2) is 27.2 Å². The van der Waals surface area contributed by atoms with Crippen LogP contribution >= 0.6 is 0 Å². The fourth-order valence-corrected chi connectivity index (χ4v) is 2.98. The van der Waals surface area contributed by atoms with Gasteiger partial charge in [0.15, 0.2) is 17.4 Å². The first-order chi connectivity index (χ1) is 14.0. The first-order valence-corrected chi connectivity index (χ1v) is 8.74. The second kappa shape index (κ2) is 7.63. The summed E-state index contributed by atoms with van der Waals surface area (Å²) in [6, 6.07) is 12.9. The number of benzene rings is 2. The molecule has 0 amide bonds. The Labute approximate surface area is 164 Å². The molecule has 2 heterocycles. The lowest BCUT2D eigenvalue weighted by molar-refractivity contribution is -0.383. The first-order valence-electron chi connectivity index (χ1n) is 8.74. The summed E-state index contributed by atoms with van der Waals surface area (Å²) in [4.78, 5) is 19.4. The van der Waals surface area contributed by atoms with Gasteiger partial charge in [0.25, 0.3) is 11.6 Å². The maximum Gasteiger partial charge on any atom is 0.295 e. The van der Waals surface area contributed by atoms with Crippen LogP contribution in [0.2, 0.25) is 0 Å². The molecule has 2 aromatic carbocycles. The molecule has 0 aliphatic rings. The second-order valence-electron chi connectivity index (χ2n) is 6.29. The molecule has 0 unspecified atom stereocenters. The zero-order valence-corrected chi connectivity index (χ0v) is 15.3. The minimum absolute atomic E-state index is 0.0920. The summed E-state index contributed by atoms with van der Waals surface area (Å²) >= 11 is 0. The molecule has 0 bridgehead atoms. The van der Waals surface area contributed by atoms with Gasteiger partial charge in [0.2, 0.25) is 0 Å². The molecule has 0 fully saturated rings. The molecule has 0 aliphatic heterocycles. The Hall–Kier alpha value is -3.88. The molecule has 0 atom stereocenters. The Morgan fingerprint density at radius 1 is 1.14 bits per heavy atom. The number of ether oxygens (including phenoxy) is 1. The third-order valence-electron chi connectivity index (χ3n) is 4.44. The number of hydrogen-bond acceptors (Lipinski definition) is 7. The number of hydrogen-bond donors (Lipinski definition) is 0. The van der Waals surface area contributed by atoms with Gasteiger partial charge < -0.3 is 9.26 Å². The Morgan fingerprint density at radius 2 is 2.00 bits per heavy atom. The van der Waals surface area contributed by atoms with E-state index in [0.29, 0.717) is 29.7 Å². The molecule has 9 heteroatoms. The standard InChI is InChI=1S/C20H15FN4O4/c1-28-17-9-5-12(11-14(17)21)6-10-18-23-20(29-24-18)15-8-7-13-3-2-4-16(25(26)27)19(13)22-15/h2-5,7-9,11H,6,10H2,1H3. The summed E-state index contributed by atoms with van der Waals surface area (Å²) in [6.07, 6.45) is 0.944. The predicted octanol–water partition coefficient (Wildman–Crippen LogP) is 4.13. The smallest absolute Gasteiger partial charge is 0.295 e. The van der Waals surface area contributed by atoms with Gasteiger partial charge in [-0.25, -0.2) is 9.37 Å². The van der Waals surface area contributed by atoms with Crippen molar-refractivity contribution in [1.29, 1.82) is 0 Å². The lowest BCUT2D eigenvalue weighted by Crippen LogP contribution is -1.96. The van der Waals surface area contributed by atoms with Crippen LogP contribution in [0, 0.1) is 15.9 Å². The van der Waals surface area contributed by atoms with E-state index < -0.39 is 10.7 Å².